The fourth-order valence-corrected chi connectivity index (χ4v) is 4.46. The second-order valence-electron chi connectivity index (χ2n) is 8.16. The second-order valence-corrected chi connectivity index (χ2v) is 9.65. The van der Waals surface area contributed by atoms with Gasteiger partial charge in [0.2, 0.25) is 5.91 Å². The molecule has 3 rings (SSSR count). The van der Waals surface area contributed by atoms with E-state index >= 15 is 0 Å². The molecule has 1 aliphatic rings. The standard InChI is InChI=1S/C20H26ClN3O3S/c1-20(2,3)27-19(26)23(4)12-17(25)24-9-7-13(8-10-24)18-22-15-11-14(21)5-6-16(15)28-18/h5-6,11,13H,7-10,12H2,1-4H3. The number of piperidine rings is 1. The molecule has 0 spiro atoms. The van der Waals surface area contributed by atoms with Crippen molar-refractivity contribution in [2.45, 2.75) is 45.1 Å². The molecule has 0 atom stereocenters. The van der Waals surface area contributed by atoms with Gasteiger partial charge >= 0.3 is 6.09 Å². The highest BCUT2D eigenvalue weighted by atomic mass is 35.5. The van der Waals surface area contributed by atoms with Gasteiger partial charge < -0.3 is 14.5 Å². The van der Waals surface area contributed by atoms with Gasteiger partial charge in [-0.25, -0.2) is 9.78 Å². The van der Waals surface area contributed by atoms with Crippen molar-refractivity contribution in [3.8, 4) is 0 Å². The molecule has 1 aromatic carbocycles. The van der Waals surface area contributed by atoms with Crippen LogP contribution >= 0.6 is 22.9 Å². The number of likely N-dealkylation sites (tertiary alicyclic amines) is 1. The molecular formula is C20H26ClN3O3S. The van der Waals surface area contributed by atoms with E-state index in [9.17, 15) is 9.59 Å². The average molecular weight is 424 g/mol. The summed E-state index contributed by atoms with van der Waals surface area (Å²) in [5.41, 5.74) is 0.360. The number of fused-ring (bicyclic) bond motifs is 1. The fourth-order valence-electron chi connectivity index (χ4n) is 3.18. The van der Waals surface area contributed by atoms with Gasteiger partial charge in [0.05, 0.1) is 15.2 Å². The van der Waals surface area contributed by atoms with Crippen molar-refractivity contribution in [3.63, 3.8) is 0 Å². The van der Waals surface area contributed by atoms with E-state index < -0.39 is 11.7 Å². The molecule has 0 aliphatic carbocycles. The number of hydrogen-bond acceptors (Lipinski definition) is 5. The quantitative estimate of drug-likeness (QED) is 0.727. The zero-order valence-electron chi connectivity index (χ0n) is 16.7. The summed E-state index contributed by atoms with van der Waals surface area (Å²) in [6.45, 7) is 6.79. The molecule has 0 saturated carbocycles. The van der Waals surface area contributed by atoms with Crippen LogP contribution in [0.1, 0.15) is 44.5 Å². The minimum absolute atomic E-state index is 0.0270. The van der Waals surface area contributed by atoms with Gasteiger partial charge in [-0.05, 0) is 51.8 Å². The Hall–Kier alpha value is -1.86. The Morgan fingerprint density at radius 1 is 1.32 bits per heavy atom. The number of hydrogen-bond donors (Lipinski definition) is 0. The summed E-state index contributed by atoms with van der Waals surface area (Å²) >= 11 is 7.75. The molecule has 2 aromatic rings. The van der Waals surface area contributed by atoms with Gasteiger partial charge in [-0.3, -0.25) is 4.79 Å². The summed E-state index contributed by atoms with van der Waals surface area (Å²) in [6, 6.07) is 5.78. The number of ether oxygens (including phenoxy) is 1. The monoisotopic (exact) mass is 423 g/mol. The van der Waals surface area contributed by atoms with Crippen molar-refractivity contribution < 1.29 is 14.3 Å². The maximum atomic E-state index is 12.5. The topological polar surface area (TPSA) is 62.7 Å². The third-order valence-corrected chi connectivity index (χ3v) is 6.07. The summed E-state index contributed by atoms with van der Waals surface area (Å²) in [7, 11) is 1.59. The summed E-state index contributed by atoms with van der Waals surface area (Å²) in [6.07, 6.45) is 1.26. The molecule has 0 bridgehead atoms. The van der Waals surface area contributed by atoms with E-state index in [0.29, 0.717) is 24.0 Å². The summed E-state index contributed by atoms with van der Waals surface area (Å²) < 4.78 is 6.44. The Kier molecular flexibility index (Phi) is 6.15. The van der Waals surface area contributed by atoms with Crippen molar-refractivity contribution in [2.75, 3.05) is 26.7 Å². The number of halogens is 1. The largest absolute Gasteiger partial charge is 0.444 e. The fraction of sp³-hybridized carbons (Fsp3) is 0.550. The number of benzene rings is 1. The molecule has 0 N–H and O–H groups in total. The normalized spacial score (nSPS) is 15.7. The molecule has 28 heavy (non-hydrogen) atoms. The van der Waals surface area contributed by atoms with E-state index in [1.165, 1.54) is 4.90 Å². The number of likely N-dealkylation sites (N-methyl/N-ethyl adjacent to an activating group) is 1. The molecule has 1 aliphatic heterocycles. The SMILES string of the molecule is CN(CC(=O)N1CCC(c2nc3cc(Cl)ccc3s2)CC1)C(=O)OC(C)(C)C. The maximum absolute atomic E-state index is 12.5. The molecular weight excluding hydrogens is 398 g/mol. The van der Waals surface area contributed by atoms with Gasteiger partial charge in [-0.2, -0.15) is 0 Å². The summed E-state index contributed by atoms with van der Waals surface area (Å²) in [5, 5.41) is 1.80. The Morgan fingerprint density at radius 3 is 2.64 bits per heavy atom. The number of carbonyl (C=O) groups excluding carboxylic acids is 2. The summed E-state index contributed by atoms with van der Waals surface area (Å²) in [5.74, 6) is 0.298. The van der Waals surface area contributed by atoms with E-state index in [4.69, 9.17) is 21.3 Å². The van der Waals surface area contributed by atoms with E-state index in [1.807, 2.05) is 23.1 Å². The van der Waals surface area contributed by atoms with Gasteiger partial charge in [0.1, 0.15) is 12.1 Å². The lowest BCUT2D eigenvalue weighted by Crippen LogP contribution is -2.45. The van der Waals surface area contributed by atoms with E-state index in [-0.39, 0.29) is 12.5 Å². The molecule has 0 unspecified atom stereocenters. The Labute approximate surface area is 174 Å². The Morgan fingerprint density at radius 2 is 2.00 bits per heavy atom. The third kappa shape index (κ3) is 5.14. The number of carbonyl (C=O) groups is 2. The van der Waals surface area contributed by atoms with E-state index in [2.05, 4.69) is 0 Å². The second kappa shape index (κ2) is 8.25. The molecule has 0 radical (unpaired) electrons. The first-order valence-electron chi connectivity index (χ1n) is 9.40. The third-order valence-electron chi connectivity index (χ3n) is 4.64. The Balaban J connectivity index is 1.54. The van der Waals surface area contributed by atoms with Gasteiger partial charge in [-0.1, -0.05) is 11.6 Å². The molecule has 152 valence electrons. The predicted octanol–water partition coefficient (Wildman–Crippen LogP) is 4.52. The lowest BCUT2D eigenvalue weighted by molar-refractivity contribution is -0.133. The van der Waals surface area contributed by atoms with Crippen molar-refractivity contribution in [1.82, 2.24) is 14.8 Å². The highest BCUT2D eigenvalue weighted by Crippen LogP contribution is 2.34. The van der Waals surface area contributed by atoms with Gasteiger partial charge in [0, 0.05) is 31.1 Å². The first kappa shape index (κ1) is 20.9. The molecule has 1 aromatic heterocycles. The van der Waals surface area contributed by atoms with Gasteiger partial charge in [0.25, 0.3) is 0 Å². The van der Waals surface area contributed by atoms with Crippen LogP contribution in [0.2, 0.25) is 5.02 Å². The molecule has 8 heteroatoms. The summed E-state index contributed by atoms with van der Waals surface area (Å²) in [4.78, 5) is 32.5. The van der Waals surface area contributed by atoms with E-state index in [0.717, 1.165) is 28.1 Å². The van der Waals surface area contributed by atoms with Crippen LogP contribution in [0.3, 0.4) is 0 Å². The van der Waals surface area contributed by atoms with Crippen LogP contribution in [0.15, 0.2) is 18.2 Å². The number of rotatable bonds is 3. The zero-order chi connectivity index (χ0) is 20.5. The van der Waals surface area contributed by atoms with Crippen molar-refractivity contribution in [2.24, 2.45) is 0 Å². The van der Waals surface area contributed by atoms with Crippen LogP contribution in [0.5, 0.6) is 0 Å². The molecule has 1 fully saturated rings. The smallest absolute Gasteiger partial charge is 0.410 e. The lowest BCUT2D eigenvalue weighted by atomic mass is 9.97. The molecule has 2 heterocycles. The maximum Gasteiger partial charge on any atom is 0.410 e. The minimum Gasteiger partial charge on any atom is -0.444 e. The Bertz CT molecular complexity index is 869. The lowest BCUT2D eigenvalue weighted by Gasteiger charge is -2.32. The van der Waals surface area contributed by atoms with Crippen molar-refractivity contribution in [1.29, 1.82) is 0 Å². The zero-order valence-corrected chi connectivity index (χ0v) is 18.3. The van der Waals surface area contributed by atoms with Gasteiger partial charge in [0.15, 0.2) is 0 Å². The number of nitrogens with zero attached hydrogens (tertiary/aromatic N) is 3. The molecule has 1 saturated heterocycles. The van der Waals surface area contributed by atoms with Crippen LogP contribution in [-0.2, 0) is 9.53 Å². The minimum atomic E-state index is -0.575. The number of amides is 2. The van der Waals surface area contributed by atoms with Crippen LogP contribution in [0.25, 0.3) is 10.2 Å². The molecule has 2 amide bonds. The average Bonchev–Trinajstić information content (AvgIpc) is 3.03. The van der Waals surface area contributed by atoms with Crippen LogP contribution in [0.4, 0.5) is 4.79 Å². The van der Waals surface area contributed by atoms with Crippen LogP contribution < -0.4 is 0 Å². The predicted molar refractivity (Wildman–Crippen MR) is 112 cm³/mol. The van der Waals surface area contributed by atoms with Crippen molar-refractivity contribution >= 4 is 45.2 Å². The first-order chi connectivity index (χ1) is 13.1. The van der Waals surface area contributed by atoms with Gasteiger partial charge in [-0.15, -0.1) is 11.3 Å². The van der Waals surface area contributed by atoms with E-state index in [1.54, 1.807) is 39.2 Å². The number of aromatic nitrogens is 1. The first-order valence-corrected chi connectivity index (χ1v) is 10.6. The highest BCUT2D eigenvalue weighted by Gasteiger charge is 2.28. The van der Waals surface area contributed by atoms with Crippen LogP contribution in [-0.4, -0.2) is 59.1 Å². The molecule has 6 nitrogen and oxygen atoms in total. The highest BCUT2D eigenvalue weighted by molar-refractivity contribution is 7.18. The number of thiazole rings is 1. The van der Waals surface area contributed by atoms with Crippen LogP contribution in [0, 0.1) is 0 Å². The van der Waals surface area contributed by atoms with Crippen molar-refractivity contribution in [3.05, 3.63) is 28.2 Å².